The second-order valence-electron chi connectivity index (χ2n) is 3.52. The summed E-state index contributed by atoms with van der Waals surface area (Å²) in [4.78, 5) is 11.4. The molecule has 2 nitrogen and oxygen atoms in total. The van der Waals surface area contributed by atoms with E-state index in [4.69, 9.17) is 23.2 Å². The van der Waals surface area contributed by atoms with Crippen LogP contribution in [0, 0.1) is 0 Å². The van der Waals surface area contributed by atoms with Crippen LogP contribution in [0.3, 0.4) is 0 Å². The molecule has 1 N–H and O–H groups in total. The van der Waals surface area contributed by atoms with E-state index in [2.05, 4.69) is 5.32 Å². The Kier molecular flexibility index (Phi) is 5.64. The van der Waals surface area contributed by atoms with Gasteiger partial charge in [-0.2, -0.15) is 0 Å². The molecule has 1 aromatic carbocycles. The Morgan fingerprint density at radius 2 is 2.25 bits per heavy atom. The molecule has 1 aromatic rings. The van der Waals surface area contributed by atoms with E-state index in [1.807, 2.05) is 31.2 Å². The quantitative estimate of drug-likeness (QED) is 0.806. The van der Waals surface area contributed by atoms with Crippen molar-refractivity contribution in [3.05, 3.63) is 34.9 Å². The van der Waals surface area contributed by atoms with Crippen molar-refractivity contribution in [2.75, 3.05) is 5.88 Å². The fourth-order valence-corrected chi connectivity index (χ4v) is 1.87. The first-order chi connectivity index (χ1) is 7.67. The lowest BCUT2D eigenvalue weighted by Gasteiger charge is -2.17. The zero-order valence-electron chi connectivity index (χ0n) is 9.17. The second-order valence-corrected chi connectivity index (χ2v) is 4.34. The number of hydrogen-bond donors (Lipinski definition) is 1. The summed E-state index contributed by atoms with van der Waals surface area (Å²) >= 11 is 11.4. The van der Waals surface area contributed by atoms with Crippen LogP contribution in [-0.2, 0) is 4.79 Å². The van der Waals surface area contributed by atoms with Crippen LogP contribution in [0.4, 0.5) is 0 Å². The fraction of sp³-hybridized carbons (Fsp3) is 0.417. The first-order valence-electron chi connectivity index (χ1n) is 5.28. The molecule has 0 aliphatic rings. The highest BCUT2D eigenvalue weighted by atomic mass is 35.5. The van der Waals surface area contributed by atoms with Crippen molar-refractivity contribution in [1.29, 1.82) is 0 Å². The lowest BCUT2D eigenvalue weighted by atomic mass is 10.0. The average molecular weight is 260 g/mol. The predicted octanol–water partition coefficient (Wildman–Crippen LogP) is 3.54. The minimum absolute atomic E-state index is 0.00872. The maximum atomic E-state index is 11.4. The molecule has 0 aromatic heterocycles. The number of amides is 1. The summed E-state index contributed by atoms with van der Waals surface area (Å²) in [6.07, 6.45) is 1.17. The van der Waals surface area contributed by atoms with Crippen molar-refractivity contribution in [1.82, 2.24) is 5.32 Å². The van der Waals surface area contributed by atoms with E-state index in [9.17, 15) is 4.79 Å². The summed E-state index contributed by atoms with van der Waals surface area (Å²) < 4.78 is 0. The van der Waals surface area contributed by atoms with Crippen LogP contribution >= 0.6 is 23.2 Å². The topological polar surface area (TPSA) is 29.1 Å². The molecule has 1 atom stereocenters. The largest absolute Gasteiger partial charge is 0.349 e. The highest BCUT2D eigenvalue weighted by Gasteiger charge is 2.12. The van der Waals surface area contributed by atoms with Gasteiger partial charge in [0, 0.05) is 17.3 Å². The van der Waals surface area contributed by atoms with Gasteiger partial charge in [0.05, 0.1) is 6.04 Å². The zero-order chi connectivity index (χ0) is 12.0. The highest BCUT2D eigenvalue weighted by molar-refractivity contribution is 6.30. The van der Waals surface area contributed by atoms with Gasteiger partial charge in [0.15, 0.2) is 0 Å². The second kappa shape index (κ2) is 6.77. The van der Waals surface area contributed by atoms with Crippen molar-refractivity contribution in [2.45, 2.75) is 25.8 Å². The van der Waals surface area contributed by atoms with E-state index >= 15 is 0 Å². The van der Waals surface area contributed by atoms with Crippen LogP contribution in [0.1, 0.15) is 31.4 Å². The number of alkyl halides is 1. The van der Waals surface area contributed by atoms with Crippen LogP contribution in [-0.4, -0.2) is 11.8 Å². The van der Waals surface area contributed by atoms with Gasteiger partial charge in [0.1, 0.15) is 0 Å². The number of hydrogen-bond acceptors (Lipinski definition) is 1. The van der Waals surface area contributed by atoms with E-state index in [0.717, 1.165) is 12.0 Å². The Balaban J connectivity index is 2.70. The lowest BCUT2D eigenvalue weighted by molar-refractivity contribution is -0.121. The molecule has 1 unspecified atom stereocenters. The Hall–Kier alpha value is -0.730. The highest BCUT2D eigenvalue weighted by Crippen LogP contribution is 2.20. The van der Waals surface area contributed by atoms with Crippen LogP contribution < -0.4 is 5.32 Å². The standard InChI is InChI=1S/C12H15Cl2NO/c1-2-11(15-12(16)6-7-13)9-4-3-5-10(14)8-9/h3-5,8,11H,2,6-7H2,1H3,(H,15,16). The van der Waals surface area contributed by atoms with Crippen molar-refractivity contribution in [3.8, 4) is 0 Å². The first kappa shape index (κ1) is 13.3. The monoisotopic (exact) mass is 259 g/mol. The van der Waals surface area contributed by atoms with Crippen LogP contribution in [0.25, 0.3) is 0 Å². The number of carbonyl (C=O) groups is 1. The molecule has 16 heavy (non-hydrogen) atoms. The van der Waals surface area contributed by atoms with Gasteiger partial charge >= 0.3 is 0 Å². The Morgan fingerprint density at radius 1 is 1.50 bits per heavy atom. The molecular weight excluding hydrogens is 245 g/mol. The third-order valence-electron chi connectivity index (χ3n) is 2.32. The van der Waals surface area contributed by atoms with Crippen molar-refractivity contribution in [3.63, 3.8) is 0 Å². The molecule has 1 amide bonds. The molecule has 1 rings (SSSR count). The average Bonchev–Trinajstić information content (AvgIpc) is 2.26. The van der Waals surface area contributed by atoms with Crippen molar-refractivity contribution >= 4 is 29.1 Å². The number of carbonyl (C=O) groups excluding carboxylic acids is 1. The molecule has 0 bridgehead atoms. The van der Waals surface area contributed by atoms with Gasteiger partial charge in [-0.05, 0) is 24.1 Å². The van der Waals surface area contributed by atoms with Crippen LogP contribution in [0.2, 0.25) is 5.02 Å². The molecule has 0 saturated carbocycles. The summed E-state index contributed by atoms with van der Waals surface area (Å²) in [5.41, 5.74) is 1.03. The first-order valence-corrected chi connectivity index (χ1v) is 6.19. The zero-order valence-corrected chi connectivity index (χ0v) is 10.7. The number of halogens is 2. The van der Waals surface area contributed by atoms with Gasteiger partial charge in [0.2, 0.25) is 5.91 Å². The fourth-order valence-electron chi connectivity index (χ4n) is 1.50. The third kappa shape index (κ3) is 4.03. The van der Waals surface area contributed by atoms with Gasteiger partial charge in [-0.3, -0.25) is 4.79 Å². The smallest absolute Gasteiger partial charge is 0.221 e. The normalized spacial score (nSPS) is 12.2. The van der Waals surface area contributed by atoms with Gasteiger partial charge < -0.3 is 5.32 Å². The van der Waals surface area contributed by atoms with Crippen molar-refractivity contribution < 1.29 is 4.79 Å². The Bertz CT molecular complexity index is 355. The number of nitrogens with one attached hydrogen (secondary N) is 1. The molecule has 0 spiro atoms. The summed E-state index contributed by atoms with van der Waals surface area (Å²) in [6.45, 7) is 2.02. The minimum Gasteiger partial charge on any atom is -0.349 e. The summed E-state index contributed by atoms with van der Waals surface area (Å²) in [5.74, 6) is 0.319. The SMILES string of the molecule is CCC(NC(=O)CCCl)c1cccc(Cl)c1. The molecule has 0 saturated heterocycles. The maximum Gasteiger partial charge on any atom is 0.221 e. The third-order valence-corrected chi connectivity index (χ3v) is 2.74. The van der Waals surface area contributed by atoms with Gasteiger partial charge in [-0.15, -0.1) is 11.6 Å². The molecule has 0 aliphatic carbocycles. The minimum atomic E-state index is -0.0261. The molecule has 0 fully saturated rings. The predicted molar refractivity (Wildman–Crippen MR) is 68.0 cm³/mol. The van der Waals surface area contributed by atoms with Crippen LogP contribution in [0.15, 0.2) is 24.3 Å². The van der Waals surface area contributed by atoms with Crippen LogP contribution in [0.5, 0.6) is 0 Å². The molecule has 0 radical (unpaired) electrons. The van der Waals surface area contributed by atoms with Gasteiger partial charge in [-0.25, -0.2) is 0 Å². The molecule has 4 heteroatoms. The maximum absolute atomic E-state index is 11.4. The van der Waals surface area contributed by atoms with E-state index in [1.54, 1.807) is 0 Å². The van der Waals surface area contributed by atoms with Gasteiger partial charge in [-0.1, -0.05) is 30.7 Å². The number of benzene rings is 1. The molecule has 0 aliphatic heterocycles. The Morgan fingerprint density at radius 3 is 2.81 bits per heavy atom. The Labute approximate surface area is 106 Å². The molecule has 88 valence electrons. The van der Waals surface area contributed by atoms with E-state index < -0.39 is 0 Å². The molecular formula is C12H15Cl2NO. The van der Waals surface area contributed by atoms with E-state index in [-0.39, 0.29) is 11.9 Å². The van der Waals surface area contributed by atoms with Crippen molar-refractivity contribution in [2.24, 2.45) is 0 Å². The molecule has 0 heterocycles. The van der Waals surface area contributed by atoms with E-state index in [0.29, 0.717) is 17.3 Å². The van der Waals surface area contributed by atoms with E-state index in [1.165, 1.54) is 0 Å². The number of rotatable bonds is 5. The summed E-state index contributed by atoms with van der Waals surface area (Å²) in [5, 5.41) is 3.61. The summed E-state index contributed by atoms with van der Waals surface area (Å²) in [6, 6.07) is 7.54. The summed E-state index contributed by atoms with van der Waals surface area (Å²) in [7, 11) is 0. The van der Waals surface area contributed by atoms with Gasteiger partial charge in [0.25, 0.3) is 0 Å². The lowest BCUT2D eigenvalue weighted by Crippen LogP contribution is -2.28.